The minimum Gasteiger partial charge on any atom is -0.497 e. The quantitative estimate of drug-likeness (QED) is 0.396. The van der Waals surface area contributed by atoms with Crippen LogP contribution in [0.5, 0.6) is 11.5 Å². The van der Waals surface area contributed by atoms with E-state index in [1.807, 2.05) is 24.3 Å². The van der Waals surface area contributed by atoms with Crippen molar-refractivity contribution in [3.05, 3.63) is 88.1 Å². The van der Waals surface area contributed by atoms with Crippen molar-refractivity contribution in [2.24, 2.45) is 0 Å². The Morgan fingerprint density at radius 2 is 1.50 bits per heavy atom. The summed E-state index contributed by atoms with van der Waals surface area (Å²) in [6.07, 6.45) is 0. The zero-order valence-corrected chi connectivity index (χ0v) is 19.9. The molecule has 1 N–H and O–H groups in total. The van der Waals surface area contributed by atoms with Crippen LogP contribution in [-0.4, -0.2) is 20.1 Å². The lowest BCUT2D eigenvalue weighted by Crippen LogP contribution is -2.12. The van der Waals surface area contributed by atoms with E-state index in [1.54, 1.807) is 36.4 Å². The topological polar surface area (TPSA) is 77.8 Å². The van der Waals surface area contributed by atoms with Gasteiger partial charge in [0.05, 0.1) is 19.6 Å². The molecule has 3 aromatic carbocycles. The first kappa shape index (κ1) is 23.1. The molecule has 0 spiro atoms. The summed E-state index contributed by atoms with van der Waals surface area (Å²) in [5.74, 6) is 1.16. The number of ether oxygens (including phenoxy) is 2. The summed E-state index contributed by atoms with van der Waals surface area (Å²) in [4.78, 5) is 25.7. The Labute approximate surface area is 198 Å². The molecule has 6 heteroatoms. The van der Waals surface area contributed by atoms with Crippen LogP contribution in [0.15, 0.2) is 75.9 Å². The fraction of sp³-hybridized carbons (Fsp3) is 0.214. The molecule has 4 aromatic rings. The molecule has 0 radical (unpaired) electrons. The van der Waals surface area contributed by atoms with Gasteiger partial charge in [-0.15, -0.1) is 0 Å². The molecule has 174 valence electrons. The van der Waals surface area contributed by atoms with Gasteiger partial charge in [0.1, 0.15) is 22.8 Å². The monoisotopic (exact) mass is 457 g/mol. The van der Waals surface area contributed by atoms with Gasteiger partial charge in [0.15, 0.2) is 5.43 Å². The average molecular weight is 458 g/mol. The Morgan fingerprint density at radius 3 is 2.09 bits per heavy atom. The molecule has 0 atom stereocenters. The number of hydrogen-bond donors (Lipinski definition) is 1. The third-order valence-electron chi connectivity index (χ3n) is 5.63. The highest BCUT2D eigenvalue weighted by Gasteiger charge is 2.15. The summed E-state index contributed by atoms with van der Waals surface area (Å²) >= 11 is 0. The average Bonchev–Trinajstić information content (AvgIpc) is 2.83. The van der Waals surface area contributed by atoms with Crippen molar-refractivity contribution in [3.8, 4) is 22.8 Å². The Balaban J connectivity index is 1.62. The van der Waals surface area contributed by atoms with Gasteiger partial charge in [-0.3, -0.25) is 9.59 Å². The van der Waals surface area contributed by atoms with Crippen molar-refractivity contribution in [2.75, 3.05) is 19.5 Å². The number of rotatable bonds is 5. The number of amides is 1. The van der Waals surface area contributed by atoms with Crippen LogP contribution >= 0.6 is 0 Å². The molecule has 1 aromatic heterocycles. The Bertz CT molecular complexity index is 1390. The predicted octanol–water partition coefficient (Wildman–Crippen LogP) is 6.03. The first-order chi connectivity index (χ1) is 16.2. The van der Waals surface area contributed by atoms with Gasteiger partial charge in [-0.25, -0.2) is 0 Å². The Kier molecular flexibility index (Phi) is 6.16. The third kappa shape index (κ3) is 4.81. The number of methoxy groups -OCH3 is 2. The van der Waals surface area contributed by atoms with Gasteiger partial charge in [-0.05, 0) is 41.3 Å². The van der Waals surface area contributed by atoms with E-state index in [0.717, 1.165) is 5.56 Å². The molecule has 34 heavy (non-hydrogen) atoms. The smallest absolute Gasteiger partial charge is 0.255 e. The largest absolute Gasteiger partial charge is 0.497 e. The van der Waals surface area contributed by atoms with Crippen LogP contribution in [0.25, 0.3) is 22.3 Å². The molecule has 0 unspecified atom stereocenters. The van der Waals surface area contributed by atoms with Crippen LogP contribution in [0.2, 0.25) is 0 Å². The number of fused-ring (bicyclic) bond motifs is 1. The molecule has 0 aliphatic rings. The zero-order chi connectivity index (χ0) is 24.5. The maximum atomic E-state index is 12.9. The van der Waals surface area contributed by atoms with Gasteiger partial charge in [0.25, 0.3) is 5.91 Å². The van der Waals surface area contributed by atoms with E-state index in [4.69, 9.17) is 13.9 Å². The number of carbonyl (C=O) groups excluding carboxylic acids is 1. The third-order valence-corrected chi connectivity index (χ3v) is 5.63. The summed E-state index contributed by atoms with van der Waals surface area (Å²) in [5.41, 5.74) is 3.19. The highest BCUT2D eigenvalue weighted by Crippen LogP contribution is 2.28. The molecule has 4 rings (SSSR count). The SMILES string of the molecule is COc1cc(OC)cc(C(=O)Nc2ccc3oc(-c4ccc(C(C)(C)C)cc4)cc(=O)c3c2)c1. The minimum atomic E-state index is -0.350. The summed E-state index contributed by atoms with van der Waals surface area (Å²) < 4.78 is 16.5. The molecule has 0 fully saturated rings. The summed E-state index contributed by atoms with van der Waals surface area (Å²) in [7, 11) is 3.04. The first-order valence-electron chi connectivity index (χ1n) is 10.9. The molecule has 0 bridgehead atoms. The normalized spacial score (nSPS) is 11.3. The van der Waals surface area contributed by atoms with E-state index >= 15 is 0 Å². The molecule has 0 saturated carbocycles. The molecule has 1 heterocycles. The van der Waals surface area contributed by atoms with Crippen LogP contribution < -0.4 is 20.2 Å². The van der Waals surface area contributed by atoms with Crippen LogP contribution in [0.3, 0.4) is 0 Å². The number of benzene rings is 3. The van der Waals surface area contributed by atoms with Gasteiger partial charge in [-0.2, -0.15) is 0 Å². The van der Waals surface area contributed by atoms with E-state index in [2.05, 4.69) is 26.1 Å². The number of carbonyl (C=O) groups is 1. The van der Waals surface area contributed by atoms with Crippen LogP contribution in [0, 0.1) is 0 Å². The summed E-state index contributed by atoms with van der Waals surface area (Å²) in [6, 6.07) is 19.4. The lowest BCUT2D eigenvalue weighted by Gasteiger charge is -2.19. The highest BCUT2D eigenvalue weighted by atomic mass is 16.5. The lowest BCUT2D eigenvalue weighted by atomic mass is 9.86. The maximum absolute atomic E-state index is 12.9. The van der Waals surface area contributed by atoms with Gasteiger partial charge >= 0.3 is 0 Å². The number of anilines is 1. The Hall–Kier alpha value is -4.06. The molecule has 0 aliphatic carbocycles. The first-order valence-corrected chi connectivity index (χ1v) is 10.9. The van der Waals surface area contributed by atoms with Crippen molar-refractivity contribution >= 4 is 22.6 Å². The number of hydrogen-bond acceptors (Lipinski definition) is 5. The van der Waals surface area contributed by atoms with Crippen LogP contribution in [0.4, 0.5) is 5.69 Å². The van der Waals surface area contributed by atoms with E-state index in [-0.39, 0.29) is 16.8 Å². The van der Waals surface area contributed by atoms with Crippen LogP contribution in [-0.2, 0) is 5.41 Å². The van der Waals surface area contributed by atoms with Gasteiger partial charge in [0, 0.05) is 28.9 Å². The van der Waals surface area contributed by atoms with Crippen molar-refractivity contribution in [1.29, 1.82) is 0 Å². The Morgan fingerprint density at radius 1 is 0.853 bits per heavy atom. The fourth-order valence-corrected chi connectivity index (χ4v) is 3.65. The van der Waals surface area contributed by atoms with Crippen molar-refractivity contribution < 1.29 is 18.7 Å². The van der Waals surface area contributed by atoms with Gasteiger partial charge in [0.2, 0.25) is 0 Å². The van der Waals surface area contributed by atoms with E-state index in [9.17, 15) is 9.59 Å². The fourth-order valence-electron chi connectivity index (χ4n) is 3.65. The van der Waals surface area contributed by atoms with Crippen molar-refractivity contribution in [3.63, 3.8) is 0 Å². The molecular formula is C28H27NO5. The molecule has 1 amide bonds. The summed E-state index contributed by atoms with van der Waals surface area (Å²) in [5, 5.41) is 3.20. The van der Waals surface area contributed by atoms with E-state index in [1.165, 1.54) is 25.8 Å². The maximum Gasteiger partial charge on any atom is 0.255 e. The standard InChI is InChI=1S/C28H27NO5/c1-28(2,3)19-8-6-17(7-9-19)26-16-24(30)23-14-20(10-11-25(23)34-26)29-27(31)18-12-21(32-4)15-22(13-18)33-5/h6-16H,1-5H3,(H,29,31). The van der Waals surface area contributed by atoms with Crippen molar-refractivity contribution in [2.45, 2.75) is 26.2 Å². The predicted molar refractivity (Wildman–Crippen MR) is 134 cm³/mol. The van der Waals surface area contributed by atoms with E-state index in [0.29, 0.717) is 39.5 Å². The van der Waals surface area contributed by atoms with Crippen molar-refractivity contribution in [1.82, 2.24) is 0 Å². The molecular weight excluding hydrogens is 430 g/mol. The molecule has 6 nitrogen and oxygen atoms in total. The lowest BCUT2D eigenvalue weighted by molar-refractivity contribution is 0.102. The molecule has 0 aliphatic heterocycles. The van der Waals surface area contributed by atoms with Gasteiger partial charge < -0.3 is 19.2 Å². The summed E-state index contributed by atoms with van der Waals surface area (Å²) in [6.45, 7) is 6.46. The number of nitrogens with one attached hydrogen (secondary N) is 1. The zero-order valence-electron chi connectivity index (χ0n) is 19.9. The second-order valence-corrected chi connectivity index (χ2v) is 9.07. The second kappa shape index (κ2) is 9.06. The van der Waals surface area contributed by atoms with E-state index < -0.39 is 0 Å². The second-order valence-electron chi connectivity index (χ2n) is 9.07. The molecule has 0 saturated heterocycles. The highest BCUT2D eigenvalue weighted by molar-refractivity contribution is 6.05. The van der Waals surface area contributed by atoms with Crippen LogP contribution in [0.1, 0.15) is 36.7 Å². The minimum absolute atomic E-state index is 0.0413. The van der Waals surface area contributed by atoms with Gasteiger partial charge in [-0.1, -0.05) is 45.0 Å².